The number of amides is 4. The van der Waals surface area contributed by atoms with Crippen LogP contribution in [0, 0.1) is 0 Å². The first-order valence-corrected chi connectivity index (χ1v) is 12.0. The Morgan fingerprint density at radius 1 is 0.512 bits per heavy atom. The molecule has 0 aromatic heterocycles. The summed E-state index contributed by atoms with van der Waals surface area (Å²) in [7, 11) is 0. The van der Waals surface area contributed by atoms with E-state index in [0.717, 1.165) is 0 Å². The fourth-order valence-electron chi connectivity index (χ4n) is 3.39. The van der Waals surface area contributed by atoms with Gasteiger partial charge in [-0.05, 0) is 84.9 Å². The lowest BCUT2D eigenvalue weighted by Crippen LogP contribution is -2.33. The Morgan fingerprint density at radius 2 is 0.902 bits per heavy atom. The molecule has 208 valence electrons. The zero-order valence-electron chi connectivity index (χ0n) is 21.2. The molecule has 0 aliphatic heterocycles. The highest BCUT2D eigenvalue weighted by Gasteiger charge is 2.07. The molecule has 0 fully saturated rings. The van der Waals surface area contributed by atoms with E-state index in [-0.39, 0.29) is 11.1 Å². The van der Waals surface area contributed by atoms with E-state index in [1.807, 2.05) is 0 Å². The van der Waals surface area contributed by atoms with E-state index in [0.29, 0.717) is 34.2 Å². The van der Waals surface area contributed by atoms with Gasteiger partial charge in [-0.2, -0.15) is 0 Å². The number of hydrogen-bond acceptors (Lipinski definition) is 7. The average molecular weight is 557 g/mol. The van der Waals surface area contributed by atoms with E-state index in [1.165, 1.54) is 24.3 Å². The number of nitrogens with one attached hydrogen (secondary N) is 6. The molecule has 13 nitrogen and oxygen atoms in total. The molecule has 0 bridgehead atoms. The summed E-state index contributed by atoms with van der Waals surface area (Å²) in [5.41, 5.74) is 12.1. The Balaban J connectivity index is 1.22. The Labute approximate surface area is 233 Å². The molecule has 4 aromatic rings. The molecular formula is C28H24N6O7. The number of urea groups is 2. The first kappa shape index (κ1) is 27.8. The minimum atomic E-state index is -1.08. The first-order valence-electron chi connectivity index (χ1n) is 12.0. The van der Waals surface area contributed by atoms with Crippen LogP contribution in [0.3, 0.4) is 0 Å². The van der Waals surface area contributed by atoms with Gasteiger partial charge in [0.15, 0.2) is 0 Å². The van der Waals surface area contributed by atoms with Gasteiger partial charge in [0.25, 0.3) is 0 Å². The van der Waals surface area contributed by atoms with Crippen molar-refractivity contribution in [3.05, 3.63) is 108 Å². The predicted octanol–water partition coefficient (Wildman–Crippen LogP) is 5.17. The Kier molecular flexibility index (Phi) is 8.82. The van der Waals surface area contributed by atoms with Crippen LogP contribution >= 0.6 is 0 Å². The minimum Gasteiger partial charge on any atom is -0.478 e. The van der Waals surface area contributed by atoms with Crippen molar-refractivity contribution in [3.8, 4) is 11.5 Å². The number of carbonyl (C=O) groups is 4. The third-order valence-electron chi connectivity index (χ3n) is 5.32. The molecule has 0 aliphatic rings. The quantitative estimate of drug-likeness (QED) is 0.122. The van der Waals surface area contributed by atoms with Gasteiger partial charge in [-0.15, -0.1) is 0 Å². The molecule has 0 unspecified atom stereocenters. The fourth-order valence-corrected chi connectivity index (χ4v) is 3.39. The van der Waals surface area contributed by atoms with Gasteiger partial charge in [-0.1, -0.05) is 12.1 Å². The van der Waals surface area contributed by atoms with Crippen molar-refractivity contribution in [2.24, 2.45) is 0 Å². The smallest absolute Gasteiger partial charge is 0.337 e. The van der Waals surface area contributed by atoms with E-state index < -0.39 is 24.0 Å². The van der Waals surface area contributed by atoms with Crippen molar-refractivity contribution in [1.29, 1.82) is 0 Å². The lowest BCUT2D eigenvalue weighted by molar-refractivity contribution is 0.0686. The van der Waals surface area contributed by atoms with Gasteiger partial charge in [-0.3, -0.25) is 21.7 Å². The molecule has 0 saturated carbocycles. The molecule has 8 N–H and O–H groups in total. The standard InChI is InChI=1S/C28H24N6O7/c35-25(36)17-3-1-5-21(15-17)31-33-27(39)29-19-7-11-23(12-8-19)41-24-13-9-20(10-14-24)30-28(40)34-32-22-6-2-4-18(16-22)26(37)38/h1-16,31-32H,(H,35,36)(H,37,38)(H2,29,33,39)(H2,30,34,40). The number of carboxylic acids is 2. The first-order chi connectivity index (χ1) is 19.7. The Hall–Kier alpha value is -6.24. The third-order valence-corrected chi connectivity index (χ3v) is 5.32. The van der Waals surface area contributed by atoms with Crippen LogP contribution in [0.4, 0.5) is 32.3 Å². The number of carbonyl (C=O) groups excluding carboxylic acids is 2. The van der Waals surface area contributed by atoms with Crippen LogP contribution in [0.1, 0.15) is 20.7 Å². The maximum absolute atomic E-state index is 12.1. The number of hydrazine groups is 2. The molecule has 0 atom stereocenters. The zero-order valence-corrected chi connectivity index (χ0v) is 21.2. The van der Waals surface area contributed by atoms with Gasteiger partial charge in [-0.25, -0.2) is 19.2 Å². The maximum atomic E-state index is 12.1. The maximum Gasteiger partial charge on any atom is 0.337 e. The topological polar surface area (TPSA) is 190 Å². The number of rotatable bonds is 10. The molecule has 4 aromatic carbocycles. The van der Waals surface area contributed by atoms with Crippen molar-refractivity contribution in [1.82, 2.24) is 10.9 Å². The van der Waals surface area contributed by atoms with Crippen LogP contribution in [-0.2, 0) is 0 Å². The second kappa shape index (κ2) is 13.0. The van der Waals surface area contributed by atoms with Gasteiger partial charge in [0, 0.05) is 11.4 Å². The molecule has 13 heteroatoms. The van der Waals surface area contributed by atoms with Crippen LogP contribution in [0.15, 0.2) is 97.1 Å². The van der Waals surface area contributed by atoms with Gasteiger partial charge in [0.1, 0.15) is 11.5 Å². The normalized spacial score (nSPS) is 10.0. The summed E-state index contributed by atoms with van der Waals surface area (Å²) < 4.78 is 5.79. The lowest BCUT2D eigenvalue weighted by atomic mass is 10.2. The van der Waals surface area contributed by atoms with E-state index in [1.54, 1.807) is 72.8 Å². The summed E-state index contributed by atoms with van der Waals surface area (Å²) >= 11 is 0. The largest absolute Gasteiger partial charge is 0.478 e. The van der Waals surface area contributed by atoms with Crippen molar-refractivity contribution >= 4 is 46.8 Å². The lowest BCUT2D eigenvalue weighted by Gasteiger charge is -2.12. The monoisotopic (exact) mass is 556 g/mol. The Morgan fingerprint density at radius 3 is 1.27 bits per heavy atom. The average Bonchev–Trinajstić information content (AvgIpc) is 2.97. The number of ether oxygens (including phenoxy) is 1. The number of anilines is 4. The number of benzene rings is 4. The number of carboxylic acid groups (broad SMARTS) is 2. The van der Waals surface area contributed by atoms with Gasteiger partial charge in [0.05, 0.1) is 22.5 Å². The predicted molar refractivity (Wildman–Crippen MR) is 151 cm³/mol. The molecule has 0 heterocycles. The summed E-state index contributed by atoms with van der Waals surface area (Å²) in [4.78, 5) is 46.4. The number of aromatic carboxylic acids is 2. The summed E-state index contributed by atoms with van der Waals surface area (Å²) in [6, 6.07) is 24.0. The van der Waals surface area contributed by atoms with Crippen LogP contribution in [0.5, 0.6) is 11.5 Å². The molecule has 0 saturated heterocycles. The van der Waals surface area contributed by atoms with Crippen molar-refractivity contribution < 1.29 is 34.1 Å². The minimum absolute atomic E-state index is 0.0827. The Bertz CT molecular complexity index is 1440. The summed E-state index contributed by atoms with van der Waals surface area (Å²) in [5.74, 6) is -1.14. The van der Waals surface area contributed by atoms with Crippen molar-refractivity contribution in [2.75, 3.05) is 21.5 Å². The summed E-state index contributed by atoms with van der Waals surface area (Å²) in [5, 5.41) is 23.3. The van der Waals surface area contributed by atoms with Crippen molar-refractivity contribution in [2.45, 2.75) is 0 Å². The molecule has 0 aliphatic carbocycles. The van der Waals surface area contributed by atoms with Crippen LogP contribution in [0.2, 0.25) is 0 Å². The van der Waals surface area contributed by atoms with E-state index in [4.69, 9.17) is 14.9 Å². The molecular weight excluding hydrogens is 532 g/mol. The molecule has 0 radical (unpaired) electrons. The highest BCUT2D eigenvalue weighted by atomic mass is 16.5. The molecule has 41 heavy (non-hydrogen) atoms. The van der Waals surface area contributed by atoms with Gasteiger partial charge in [0.2, 0.25) is 0 Å². The van der Waals surface area contributed by atoms with Crippen molar-refractivity contribution in [3.63, 3.8) is 0 Å². The van der Waals surface area contributed by atoms with Crippen LogP contribution < -0.4 is 37.1 Å². The molecule has 4 rings (SSSR count). The van der Waals surface area contributed by atoms with E-state index >= 15 is 0 Å². The molecule has 4 amide bonds. The van der Waals surface area contributed by atoms with E-state index in [2.05, 4.69) is 32.3 Å². The highest BCUT2D eigenvalue weighted by Crippen LogP contribution is 2.24. The number of hydrogen-bond donors (Lipinski definition) is 8. The summed E-state index contributed by atoms with van der Waals surface area (Å²) in [6.07, 6.45) is 0. The third kappa shape index (κ3) is 8.38. The fraction of sp³-hybridized carbons (Fsp3) is 0. The zero-order chi connectivity index (χ0) is 29.2. The van der Waals surface area contributed by atoms with Crippen LogP contribution in [-0.4, -0.2) is 34.2 Å². The SMILES string of the molecule is O=C(NNc1cccc(C(=O)O)c1)Nc1ccc(Oc2ccc(NC(=O)NNc3cccc(C(=O)O)c3)cc2)cc1. The van der Waals surface area contributed by atoms with Crippen LogP contribution in [0.25, 0.3) is 0 Å². The second-order valence-corrected chi connectivity index (χ2v) is 8.33. The van der Waals surface area contributed by atoms with Gasteiger partial charge < -0.3 is 25.6 Å². The highest BCUT2D eigenvalue weighted by molar-refractivity contribution is 5.92. The van der Waals surface area contributed by atoms with E-state index in [9.17, 15) is 19.2 Å². The second-order valence-electron chi connectivity index (χ2n) is 8.33. The molecule has 0 spiro atoms. The van der Waals surface area contributed by atoms with Gasteiger partial charge >= 0.3 is 24.0 Å². The summed E-state index contributed by atoms with van der Waals surface area (Å²) in [6.45, 7) is 0.